The largest absolute Gasteiger partial charge is 0.489 e. The van der Waals surface area contributed by atoms with Crippen LogP contribution in [0.1, 0.15) is 25.0 Å². The molecule has 7 heteroatoms. The van der Waals surface area contributed by atoms with Gasteiger partial charge in [0.05, 0.1) is 22.0 Å². The van der Waals surface area contributed by atoms with Crippen molar-refractivity contribution >= 4 is 40.0 Å². The fourth-order valence-electron chi connectivity index (χ4n) is 3.46. The number of nitriles is 1. The van der Waals surface area contributed by atoms with Gasteiger partial charge in [-0.05, 0) is 49.2 Å². The topological polar surface area (TPSA) is 58.3 Å². The molecule has 156 valence electrons. The fourth-order valence-corrected chi connectivity index (χ4v) is 3.81. The van der Waals surface area contributed by atoms with Gasteiger partial charge in [-0.2, -0.15) is 5.26 Å². The summed E-state index contributed by atoms with van der Waals surface area (Å²) in [4.78, 5) is 13.4. The predicted molar refractivity (Wildman–Crippen MR) is 121 cm³/mol. The zero-order chi connectivity index (χ0) is 21.7. The van der Waals surface area contributed by atoms with Gasteiger partial charge < -0.3 is 14.2 Å². The number of carbonyl (C=O) groups excluding carboxylic acids is 1. The molecule has 0 saturated heterocycles. The Morgan fingerprint density at radius 2 is 2.07 bits per heavy atom. The summed E-state index contributed by atoms with van der Waals surface area (Å²) in [7, 11) is 0. The van der Waals surface area contributed by atoms with Gasteiger partial charge in [-0.1, -0.05) is 17.7 Å². The van der Waals surface area contributed by atoms with E-state index in [1.54, 1.807) is 19.1 Å². The monoisotopic (exact) mass is 443 g/mol. The number of aromatic nitrogens is 1. The lowest BCUT2D eigenvalue weighted by Gasteiger charge is -2.18. The number of amides is 1. The van der Waals surface area contributed by atoms with Crippen LogP contribution in [0.25, 0.3) is 16.6 Å². The second-order valence-corrected chi connectivity index (χ2v) is 7.67. The molecule has 0 spiro atoms. The van der Waals surface area contributed by atoms with Crippen LogP contribution in [0.15, 0.2) is 42.6 Å². The average Bonchev–Trinajstić information content (AvgIpc) is 3.16. The number of hydrogen-bond donors (Lipinski definition) is 0. The Balaban J connectivity index is 1.90. The van der Waals surface area contributed by atoms with Crippen LogP contribution in [-0.4, -0.2) is 41.0 Å². The third kappa shape index (κ3) is 4.72. The number of alkyl halides is 1. The Bertz CT molecular complexity index is 1100. The maximum atomic E-state index is 11.6. The van der Waals surface area contributed by atoms with Crippen molar-refractivity contribution in [3.05, 3.63) is 58.7 Å². The van der Waals surface area contributed by atoms with E-state index in [1.165, 1.54) is 5.56 Å². The molecule has 0 saturated carbocycles. The van der Waals surface area contributed by atoms with E-state index < -0.39 is 0 Å². The molecule has 0 aliphatic rings. The minimum atomic E-state index is 0.0911. The highest BCUT2D eigenvalue weighted by Crippen LogP contribution is 2.33. The number of halogens is 2. The molecular weight excluding hydrogens is 421 g/mol. The van der Waals surface area contributed by atoms with Crippen LogP contribution in [0.5, 0.6) is 5.75 Å². The summed E-state index contributed by atoms with van der Waals surface area (Å²) in [5.41, 5.74) is 3.32. The SMILES string of the molecule is CCN(CCc1ccc2c(ccn2-c2cc(Cl)c(OCCCl)c(C#N)c2)c1)C(C)=O. The minimum absolute atomic E-state index is 0.0911. The van der Waals surface area contributed by atoms with E-state index in [0.717, 1.165) is 23.0 Å². The first kappa shape index (κ1) is 22.0. The summed E-state index contributed by atoms with van der Waals surface area (Å²) >= 11 is 12.1. The van der Waals surface area contributed by atoms with Gasteiger partial charge in [0, 0.05) is 37.3 Å². The van der Waals surface area contributed by atoms with E-state index in [4.69, 9.17) is 27.9 Å². The third-order valence-electron chi connectivity index (χ3n) is 5.00. The van der Waals surface area contributed by atoms with Crippen LogP contribution in [0.3, 0.4) is 0 Å². The van der Waals surface area contributed by atoms with E-state index in [0.29, 0.717) is 35.3 Å². The lowest BCUT2D eigenvalue weighted by atomic mass is 10.1. The van der Waals surface area contributed by atoms with Crippen molar-refractivity contribution in [2.24, 2.45) is 0 Å². The summed E-state index contributed by atoms with van der Waals surface area (Å²) in [6.45, 7) is 5.27. The maximum Gasteiger partial charge on any atom is 0.219 e. The first-order chi connectivity index (χ1) is 14.5. The lowest BCUT2D eigenvalue weighted by Crippen LogP contribution is -2.30. The van der Waals surface area contributed by atoms with E-state index >= 15 is 0 Å². The van der Waals surface area contributed by atoms with Crippen molar-refractivity contribution in [1.29, 1.82) is 5.26 Å². The van der Waals surface area contributed by atoms with Crippen molar-refractivity contribution in [1.82, 2.24) is 9.47 Å². The van der Waals surface area contributed by atoms with Crippen LogP contribution in [-0.2, 0) is 11.2 Å². The summed E-state index contributed by atoms with van der Waals surface area (Å²) < 4.78 is 7.52. The molecule has 0 N–H and O–H groups in total. The highest BCUT2D eigenvalue weighted by atomic mass is 35.5. The van der Waals surface area contributed by atoms with Crippen molar-refractivity contribution in [2.75, 3.05) is 25.6 Å². The minimum Gasteiger partial charge on any atom is -0.489 e. The van der Waals surface area contributed by atoms with E-state index in [1.807, 2.05) is 34.7 Å². The second kappa shape index (κ2) is 9.88. The lowest BCUT2D eigenvalue weighted by molar-refractivity contribution is -0.128. The third-order valence-corrected chi connectivity index (χ3v) is 5.44. The van der Waals surface area contributed by atoms with Crippen molar-refractivity contribution < 1.29 is 9.53 Å². The number of benzene rings is 2. The van der Waals surface area contributed by atoms with Crippen LogP contribution in [0.4, 0.5) is 0 Å². The number of hydrogen-bond acceptors (Lipinski definition) is 3. The molecule has 0 unspecified atom stereocenters. The molecule has 0 fully saturated rings. The molecule has 5 nitrogen and oxygen atoms in total. The van der Waals surface area contributed by atoms with Crippen LogP contribution < -0.4 is 4.74 Å². The zero-order valence-electron chi connectivity index (χ0n) is 17.0. The Hall–Kier alpha value is -2.68. The normalized spacial score (nSPS) is 10.8. The molecule has 0 atom stereocenters. The highest BCUT2D eigenvalue weighted by Gasteiger charge is 2.14. The van der Waals surface area contributed by atoms with Gasteiger partial charge in [-0.15, -0.1) is 11.6 Å². The number of carbonyl (C=O) groups is 1. The number of ether oxygens (including phenoxy) is 1. The number of likely N-dealkylation sites (N-methyl/N-ethyl adjacent to an activating group) is 1. The van der Waals surface area contributed by atoms with Gasteiger partial charge in [0.1, 0.15) is 12.7 Å². The second-order valence-electron chi connectivity index (χ2n) is 6.88. The Labute approximate surface area is 186 Å². The van der Waals surface area contributed by atoms with Gasteiger partial charge in [0.15, 0.2) is 5.75 Å². The molecule has 3 rings (SSSR count). The summed E-state index contributed by atoms with van der Waals surface area (Å²) in [5, 5.41) is 11.0. The smallest absolute Gasteiger partial charge is 0.219 e. The molecule has 1 aromatic heterocycles. The summed E-state index contributed by atoms with van der Waals surface area (Å²) in [6.07, 6.45) is 2.75. The standard InChI is InChI=1S/C23H23Cl2N3O2/c1-3-27(16(2)29)9-6-17-4-5-22-18(12-17)7-10-28(22)20-13-19(15-26)23(21(25)14-20)30-11-8-24/h4-5,7,10,12-14H,3,6,8-9,11H2,1-2H3. The first-order valence-electron chi connectivity index (χ1n) is 9.76. The molecular formula is C23H23Cl2N3O2. The zero-order valence-corrected chi connectivity index (χ0v) is 18.5. The van der Waals surface area contributed by atoms with Gasteiger partial charge in [-0.3, -0.25) is 4.79 Å². The molecule has 0 radical (unpaired) electrons. The van der Waals surface area contributed by atoms with Gasteiger partial charge >= 0.3 is 0 Å². The molecule has 0 bridgehead atoms. The average molecular weight is 444 g/mol. The Kier molecular flexibility index (Phi) is 7.25. The van der Waals surface area contributed by atoms with Gasteiger partial charge in [-0.25, -0.2) is 0 Å². The maximum absolute atomic E-state index is 11.6. The van der Waals surface area contributed by atoms with Crippen molar-refractivity contribution in [2.45, 2.75) is 20.3 Å². The van der Waals surface area contributed by atoms with Crippen LogP contribution >= 0.6 is 23.2 Å². The molecule has 2 aromatic carbocycles. The van der Waals surface area contributed by atoms with E-state index in [-0.39, 0.29) is 12.5 Å². The number of fused-ring (bicyclic) bond motifs is 1. The first-order valence-corrected chi connectivity index (χ1v) is 10.7. The molecule has 30 heavy (non-hydrogen) atoms. The molecule has 0 aliphatic carbocycles. The molecule has 1 amide bonds. The number of rotatable bonds is 8. The summed E-state index contributed by atoms with van der Waals surface area (Å²) in [6, 6.07) is 14.0. The van der Waals surface area contributed by atoms with E-state index in [2.05, 4.69) is 18.2 Å². The van der Waals surface area contributed by atoms with Crippen molar-refractivity contribution in [3.8, 4) is 17.5 Å². The Morgan fingerprint density at radius 1 is 1.27 bits per heavy atom. The molecule has 3 aromatic rings. The highest BCUT2D eigenvalue weighted by molar-refractivity contribution is 6.32. The van der Waals surface area contributed by atoms with Crippen LogP contribution in [0, 0.1) is 11.3 Å². The van der Waals surface area contributed by atoms with Crippen LogP contribution in [0.2, 0.25) is 5.02 Å². The predicted octanol–water partition coefficient (Wildman–Crippen LogP) is 5.18. The van der Waals surface area contributed by atoms with Gasteiger partial charge in [0.2, 0.25) is 5.91 Å². The Morgan fingerprint density at radius 3 is 2.73 bits per heavy atom. The van der Waals surface area contributed by atoms with Gasteiger partial charge in [0.25, 0.3) is 0 Å². The molecule has 0 aliphatic heterocycles. The quantitative estimate of drug-likeness (QED) is 0.450. The fraction of sp³-hybridized carbons (Fsp3) is 0.304. The van der Waals surface area contributed by atoms with Crippen molar-refractivity contribution in [3.63, 3.8) is 0 Å². The van der Waals surface area contributed by atoms with E-state index in [9.17, 15) is 10.1 Å². The summed E-state index contributed by atoms with van der Waals surface area (Å²) in [5.74, 6) is 0.761. The molecule has 1 heterocycles. The number of nitrogens with zero attached hydrogens (tertiary/aromatic N) is 3.